The molecule has 2 saturated heterocycles. The average molecular weight is 1060 g/mol. The van der Waals surface area contributed by atoms with Crippen molar-refractivity contribution in [3.8, 4) is 11.5 Å². The van der Waals surface area contributed by atoms with Crippen LogP contribution in [0.15, 0.2) is 70.4 Å². The van der Waals surface area contributed by atoms with E-state index in [4.69, 9.17) is 29.1 Å². The molecule has 4 aromatic heterocycles. The molecule has 8 heterocycles. The summed E-state index contributed by atoms with van der Waals surface area (Å²) in [4.78, 5) is 13.7. The van der Waals surface area contributed by atoms with Crippen LogP contribution in [0.5, 0.6) is 11.5 Å². The highest BCUT2D eigenvalue weighted by atomic mass is 79.9. The van der Waals surface area contributed by atoms with Gasteiger partial charge in [0.15, 0.2) is 6.23 Å². The molecule has 12 nitrogen and oxygen atoms in total. The Balaban J connectivity index is 0.000000149. The fourth-order valence-corrected chi connectivity index (χ4v) is 11.9. The smallest absolute Gasteiger partial charge is 0.150 e. The van der Waals surface area contributed by atoms with Crippen molar-refractivity contribution in [2.45, 2.75) is 139 Å². The molecule has 0 bridgehead atoms. The van der Waals surface area contributed by atoms with Gasteiger partial charge in [-0.2, -0.15) is 10.2 Å². The van der Waals surface area contributed by atoms with Crippen molar-refractivity contribution in [2.24, 2.45) is 0 Å². The Morgan fingerprint density at radius 3 is 1.72 bits per heavy atom. The number of ether oxygens (including phenoxy) is 4. The van der Waals surface area contributed by atoms with E-state index in [1.54, 1.807) is 14.2 Å². The average Bonchev–Trinajstić information content (AvgIpc) is 4.14. The molecule has 6 aliphatic rings. The summed E-state index contributed by atoms with van der Waals surface area (Å²) in [7, 11) is 3.36. The Morgan fingerprint density at radius 2 is 1.21 bits per heavy atom. The summed E-state index contributed by atoms with van der Waals surface area (Å²) >= 11 is 6.93. The molecule has 360 valence electrons. The van der Waals surface area contributed by atoms with Crippen LogP contribution in [0.4, 0.5) is 8.78 Å². The fourth-order valence-electron chi connectivity index (χ4n) is 11.3. The summed E-state index contributed by atoms with van der Waals surface area (Å²) in [5.74, 6) is 1.51. The van der Waals surface area contributed by atoms with E-state index in [2.05, 4.69) is 95.9 Å². The molecule has 4 fully saturated rings. The molecule has 16 heteroatoms. The van der Waals surface area contributed by atoms with Crippen LogP contribution in [-0.2, 0) is 22.3 Å². The van der Waals surface area contributed by atoms with Crippen LogP contribution in [0.25, 0.3) is 21.8 Å². The maximum atomic E-state index is 15.1. The maximum Gasteiger partial charge on any atom is 0.150 e. The number of alkyl halides is 2. The van der Waals surface area contributed by atoms with E-state index in [-0.39, 0.29) is 36.6 Å². The predicted octanol–water partition coefficient (Wildman–Crippen LogP) is 11.5. The van der Waals surface area contributed by atoms with E-state index in [9.17, 15) is 0 Å². The van der Waals surface area contributed by atoms with Crippen molar-refractivity contribution < 1.29 is 27.7 Å². The first-order valence-electron chi connectivity index (χ1n) is 24.4. The molecule has 0 amide bonds. The minimum Gasteiger partial charge on any atom is -0.496 e. The summed E-state index contributed by atoms with van der Waals surface area (Å²) in [6.45, 7) is 6.82. The van der Waals surface area contributed by atoms with Crippen molar-refractivity contribution >= 4 is 53.7 Å². The summed E-state index contributed by atoms with van der Waals surface area (Å²) in [6, 6.07) is 12.5. The van der Waals surface area contributed by atoms with Crippen molar-refractivity contribution in [1.82, 2.24) is 39.3 Å². The number of aromatic nitrogens is 6. The second-order valence-electron chi connectivity index (χ2n) is 20.0. The SMILES string of the molecule is COc1cc(Br)ncc1[C@@H]1c2ccc3c(cnn3C3CCCCO3)c2C[C@@H](C)N1CC1(F)CC1.COc1cc(Br)ncc1[C@@H]1c2ccc3nn(C4CCCCO4)cc3c2C[C@@H](C)N1CC1(F)CC1. The molecule has 2 aliphatic carbocycles. The Labute approximate surface area is 413 Å². The van der Waals surface area contributed by atoms with E-state index >= 15 is 8.78 Å². The van der Waals surface area contributed by atoms with Gasteiger partial charge in [-0.3, -0.25) is 9.80 Å². The molecule has 4 aliphatic heterocycles. The normalized spacial score (nSPS) is 26.4. The number of rotatable bonds is 10. The van der Waals surface area contributed by atoms with Gasteiger partial charge in [-0.25, -0.2) is 28.1 Å². The first-order chi connectivity index (χ1) is 32.9. The van der Waals surface area contributed by atoms with Crippen LogP contribution in [0.3, 0.4) is 0 Å². The number of hydrogen-bond donors (Lipinski definition) is 0. The zero-order chi connectivity index (χ0) is 46.9. The van der Waals surface area contributed by atoms with Gasteiger partial charge in [0.2, 0.25) is 0 Å². The van der Waals surface area contributed by atoms with E-state index < -0.39 is 11.3 Å². The number of hydrogen-bond acceptors (Lipinski definition) is 10. The van der Waals surface area contributed by atoms with E-state index in [0.717, 1.165) is 118 Å². The summed E-state index contributed by atoms with van der Waals surface area (Å²) in [5.41, 5.74) is 6.76. The quantitative estimate of drug-likeness (QED) is 0.123. The van der Waals surface area contributed by atoms with Crippen LogP contribution in [0, 0.1) is 0 Å². The third-order valence-electron chi connectivity index (χ3n) is 15.3. The Hall–Kier alpha value is -4.06. The second-order valence-corrected chi connectivity index (χ2v) is 21.7. The number of methoxy groups -OCH3 is 2. The van der Waals surface area contributed by atoms with Gasteiger partial charge in [-0.05, 0) is 157 Å². The molecule has 0 radical (unpaired) electrons. The lowest BCUT2D eigenvalue weighted by Gasteiger charge is -2.43. The van der Waals surface area contributed by atoms with Crippen molar-refractivity contribution in [1.29, 1.82) is 0 Å². The molecule has 6 aromatic rings. The molecule has 6 atom stereocenters. The lowest BCUT2D eigenvalue weighted by Crippen LogP contribution is -2.46. The minimum absolute atomic E-state index is 0.00198. The molecule has 12 rings (SSSR count). The highest BCUT2D eigenvalue weighted by Gasteiger charge is 2.50. The Bertz CT molecular complexity index is 2720. The van der Waals surface area contributed by atoms with Gasteiger partial charge in [0.25, 0.3) is 0 Å². The van der Waals surface area contributed by atoms with Crippen LogP contribution >= 0.6 is 31.9 Å². The summed E-state index contributed by atoms with van der Waals surface area (Å²) < 4.78 is 59.3. The van der Waals surface area contributed by atoms with Crippen LogP contribution < -0.4 is 9.47 Å². The molecule has 2 unspecified atom stereocenters. The topological polar surface area (TPSA) is 105 Å². The second kappa shape index (κ2) is 18.6. The third-order valence-corrected chi connectivity index (χ3v) is 16.2. The lowest BCUT2D eigenvalue weighted by atomic mass is 9.83. The maximum absolute atomic E-state index is 15.1. The highest BCUT2D eigenvalue weighted by molar-refractivity contribution is 9.10. The van der Waals surface area contributed by atoms with Crippen molar-refractivity contribution in [3.05, 3.63) is 104 Å². The van der Waals surface area contributed by atoms with Crippen LogP contribution in [0.2, 0.25) is 0 Å². The number of halogens is 4. The molecule has 68 heavy (non-hydrogen) atoms. The Kier molecular flexibility index (Phi) is 12.7. The third kappa shape index (κ3) is 8.88. The monoisotopic (exact) mass is 1060 g/mol. The first-order valence-corrected chi connectivity index (χ1v) is 26.0. The van der Waals surface area contributed by atoms with E-state index in [0.29, 0.717) is 38.8 Å². The zero-order valence-corrected chi connectivity index (χ0v) is 42.4. The predicted molar refractivity (Wildman–Crippen MR) is 264 cm³/mol. The molecule has 0 spiro atoms. The van der Waals surface area contributed by atoms with Gasteiger partial charge in [-0.15, -0.1) is 0 Å². The van der Waals surface area contributed by atoms with Gasteiger partial charge < -0.3 is 18.9 Å². The molecule has 2 saturated carbocycles. The number of pyridine rings is 2. The molecular formula is C52H60Br2F2N8O4. The largest absolute Gasteiger partial charge is 0.496 e. The molecule has 0 N–H and O–H groups in total. The van der Waals surface area contributed by atoms with E-state index in [1.807, 2.05) is 40.1 Å². The van der Waals surface area contributed by atoms with Crippen molar-refractivity contribution in [2.75, 3.05) is 40.5 Å². The number of nitrogens with zero attached hydrogens (tertiary/aromatic N) is 8. The number of benzene rings is 2. The van der Waals surface area contributed by atoms with Gasteiger partial charge in [0.05, 0.1) is 43.5 Å². The number of fused-ring (bicyclic) bond motifs is 6. The van der Waals surface area contributed by atoms with Crippen molar-refractivity contribution in [3.63, 3.8) is 0 Å². The van der Waals surface area contributed by atoms with Crippen LogP contribution in [-0.4, -0.2) is 103 Å². The van der Waals surface area contributed by atoms with Gasteiger partial charge in [-0.1, -0.05) is 12.1 Å². The fraction of sp³-hybridized carbons (Fsp3) is 0.538. The van der Waals surface area contributed by atoms with Crippen LogP contribution in [0.1, 0.15) is 136 Å². The lowest BCUT2D eigenvalue weighted by molar-refractivity contribution is -0.0390. The van der Waals surface area contributed by atoms with E-state index in [1.165, 1.54) is 22.3 Å². The summed E-state index contributed by atoms with van der Waals surface area (Å²) in [5, 5.41) is 12.0. The van der Waals surface area contributed by atoms with Gasteiger partial charge in [0.1, 0.15) is 38.3 Å². The molecule has 2 aromatic carbocycles. The standard InChI is InChI=1S/2C26H30BrFN4O2/c1-16-11-18-17(6-7-21-19(18)14-30-32(21)24-5-3-4-10-34-24)25(31(16)15-26(28)8-9-26)20-13-29-23(27)12-22(20)33-2;1-16-11-18-17(6-7-21-20(18)14-32(30-21)24-5-3-4-10-34-24)25(31(16)15-26(28)8-9-26)19-13-29-23(27)12-22(19)33-2/h2*6-7,12-14,16,24-25H,3-5,8-11,15H2,1-2H3/t2*16-,24?,25+/m11/s1. The Morgan fingerprint density at radius 1 is 0.676 bits per heavy atom. The first kappa shape index (κ1) is 46.3. The molecular weight excluding hydrogens is 998 g/mol. The minimum atomic E-state index is -1.09. The highest BCUT2D eigenvalue weighted by Crippen LogP contribution is 2.50. The van der Waals surface area contributed by atoms with Gasteiger partial charge in [0, 0.05) is 91.0 Å². The zero-order valence-electron chi connectivity index (χ0n) is 39.3. The summed E-state index contributed by atoms with van der Waals surface area (Å²) in [6.07, 6.45) is 18.6. The van der Waals surface area contributed by atoms with Gasteiger partial charge >= 0.3 is 0 Å².